The van der Waals surface area contributed by atoms with Crippen molar-refractivity contribution in [2.45, 2.75) is 45.6 Å². The van der Waals surface area contributed by atoms with Gasteiger partial charge in [-0.2, -0.15) is 0 Å². The van der Waals surface area contributed by atoms with E-state index in [0.717, 1.165) is 36.4 Å². The van der Waals surface area contributed by atoms with Crippen LogP contribution in [0.1, 0.15) is 51.2 Å². The van der Waals surface area contributed by atoms with Crippen molar-refractivity contribution in [3.63, 3.8) is 0 Å². The lowest BCUT2D eigenvalue weighted by atomic mass is 9.81. The third-order valence-electron chi connectivity index (χ3n) is 4.38. The van der Waals surface area contributed by atoms with Gasteiger partial charge in [0.2, 0.25) is 0 Å². The number of hydrogen-bond donors (Lipinski definition) is 2. The molecule has 0 unspecified atom stereocenters. The van der Waals surface area contributed by atoms with Crippen LogP contribution in [0.15, 0.2) is 17.7 Å². The van der Waals surface area contributed by atoms with E-state index in [0.29, 0.717) is 11.7 Å². The highest BCUT2D eigenvalue weighted by Crippen LogP contribution is 2.47. The summed E-state index contributed by atoms with van der Waals surface area (Å²) in [4.78, 5) is 0. The number of nitrogens with one attached hydrogen (secondary N) is 1. The zero-order chi connectivity index (χ0) is 14.5. The van der Waals surface area contributed by atoms with Crippen molar-refractivity contribution in [1.82, 2.24) is 5.32 Å². The van der Waals surface area contributed by atoms with E-state index in [4.69, 9.17) is 4.74 Å². The summed E-state index contributed by atoms with van der Waals surface area (Å²) in [7, 11) is 0. The molecule has 0 spiro atoms. The summed E-state index contributed by atoms with van der Waals surface area (Å²) >= 11 is 0. The van der Waals surface area contributed by atoms with E-state index in [1.54, 1.807) is 0 Å². The maximum atomic E-state index is 10.5. The Hall–Kier alpha value is -1.48. The molecule has 1 aromatic carbocycles. The van der Waals surface area contributed by atoms with Crippen molar-refractivity contribution in [2.75, 3.05) is 13.1 Å². The van der Waals surface area contributed by atoms with Crippen LogP contribution in [0.5, 0.6) is 11.5 Å². The van der Waals surface area contributed by atoms with E-state index >= 15 is 0 Å². The molecule has 0 saturated heterocycles. The predicted molar refractivity (Wildman–Crippen MR) is 81.3 cm³/mol. The van der Waals surface area contributed by atoms with E-state index < -0.39 is 0 Å². The maximum Gasteiger partial charge on any atom is 0.132 e. The smallest absolute Gasteiger partial charge is 0.132 e. The number of rotatable bonds is 1. The van der Waals surface area contributed by atoms with E-state index in [1.807, 2.05) is 6.07 Å². The van der Waals surface area contributed by atoms with Crippen LogP contribution in [-0.4, -0.2) is 23.8 Å². The highest BCUT2D eigenvalue weighted by Gasteiger charge is 2.37. The van der Waals surface area contributed by atoms with Gasteiger partial charge >= 0.3 is 0 Å². The number of aromatic hydroxyl groups is 1. The van der Waals surface area contributed by atoms with Crippen LogP contribution in [0, 0.1) is 0 Å². The monoisotopic (exact) mass is 273 g/mol. The van der Waals surface area contributed by atoms with Gasteiger partial charge < -0.3 is 15.2 Å². The quantitative estimate of drug-likeness (QED) is 0.823. The second-order valence-corrected chi connectivity index (χ2v) is 6.56. The molecule has 0 saturated carbocycles. The molecule has 0 aromatic heterocycles. The Balaban J connectivity index is 2.21. The lowest BCUT2D eigenvalue weighted by Gasteiger charge is -2.40. The second-order valence-electron chi connectivity index (χ2n) is 6.56. The third kappa shape index (κ3) is 2.01. The van der Waals surface area contributed by atoms with Crippen LogP contribution in [-0.2, 0) is 0 Å². The maximum absolute atomic E-state index is 10.5. The zero-order valence-electron chi connectivity index (χ0n) is 12.7. The predicted octanol–water partition coefficient (Wildman–Crippen LogP) is 3.43. The number of fused-ring (bicyclic) bond motifs is 2. The SMILES string of the molecule is CC(C)c1cc(O)c2c(c1)OC(C)(C)C1=C2CNCC1. The Morgan fingerprint density at radius 1 is 1.30 bits per heavy atom. The van der Waals surface area contributed by atoms with Gasteiger partial charge in [0.25, 0.3) is 0 Å². The molecule has 0 aliphatic carbocycles. The normalized spacial score (nSPS) is 20.4. The van der Waals surface area contributed by atoms with Crippen LogP contribution in [0.4, 0.5) is 0 Å². The average molecular weight is 273 g/mol. The molecule has 3 nitrogen and oxygen atoms in total. The van der Waals surface area contributed by atoms with Gasteiger partial charge in [0.1, 0.15) is 17.1 Å². The summed E-state index contributed by atoms with van der Waals surface area (Å²) in [6.45, 7) is 10.3. The van der Waals surface area contributed by atoms with Gasteiger partial charge in [0.15, 0.2) is 0 Å². The molecular weight excluding hydrogens is 250 g/mol. The van der Waals surface area contributed by atoms with Gasteiger partial charge in [-0.1, -0.05) is 13.8 Å². The van der Waals surface area contributed by atoms with Crippen LogP contribution in [0.25, 0.3) is 5.57 Å². The number of phenolic OH excluding ortho intramolecular Hbond substituents is 1. The van der Waals surface area contributed by atoms with Gasteiger partial charge in [0.05, 0.1) is 5.56 Å². The minimum Gasteiger partial charge on any atom is -0.507 e. The molecule has 0 bridgehead atoms. The third-order valence-corrected chi connectivity index (χ3v) is 4.38. The number of benzene rings is 1. The summed E-state index contributed by atoms with van der Waals surface area (Å²) in [6, 6.07) is 3.96. The Morgan fingerprint density at radius 2 is 2.05 bits per heavy atom. The largest absolute Gasteiger partial charge is 0.507 e. The number of ether oxygens (including phenoxy) is 1. The first-order valence-electron chi connectivity index (χ1n) is 7.39. The standard InChI is InChI=1S/C17H23NO2/c1-10(2)11-7-14(19)16-12-9-18-6-5-13(12)17(3,4)20-15(16)8-11/h7-8,10,18-19H,5-6,9H2,1-4H3. The van der Waals surface area contributed by atoms with Crippen molar-refractivity contribution in [3.05, 3.63) is 28.8 Å². The fourth-order valence-electron chi connectivity index (χ4n) is 3.26. The van der Waals surface area contributed by atoms with Gasteiger partial charge in [-0.15, -0.1) is 0 Å². The van der Waals surface area contributed by atoms with Crippen molar-refractivity contribution in [1.29, 1.82) is 0 Å². The summed E-state index contributed by atoms with van der Waals surface area (Å²) < 4.78 is 6.21. The average Bonchev–Trinajstić information content (AvgIpc) is 2.37. The first kappa shape index (κ1) is 13.5. The molecular formula is C17H23NO2. The molecule has 0 radical (unpaired) electrons. The Kier molecular flexibility index (Phi) is 3.05. The Bertz CT molecular complexity index is 585. The van der Waals surface area contributed by atoms with Gasteiger partial charge in [-0.25, -0.2) is 0 Å². The Labute approximate surface area is 120 Å². The van der Waals surface area contributed by atoms with Crippen molar-refractivity contribution in [2.24, 2.45) is 0 Å². The summed E-state index contributed by atoms with van der Waals surface area (Å²) in [5, 5.41) is 13.9. The molecule has 2 aliphatic heterocycles. The van der Waals surface area contributed by atoms with Crippen LogP contribution >= 0.6 is 0 Å². The number of phenols is 1. The zero-order valence-corrected chi connectivity index (χ0v) is 12.7. The van der Waals surface area contributed by atoms with Crippen LogP contribution in [0.2, 0.25) is 0 Å². The van der Waals surface area contributed by atoms with Crippen molar-refractivity contribution in [3.8, 4) is 11.5 Å². The topological polar surface area (TPSA) is 41.5 Å². The van der Waals surface area contributed by atoms with Gasteiger partial charge in [-0.05, 0) is 61.6 Å². The molecule has 2 aliphatic rings. The summed E-state index contributed by atoms with van der Waals surface area (Å²) in [5.74, 6) is 1.54. The molecule has 2 N–H and O–H groups in total. The fourth-order valence-corrected chi connectivity index (χ4v) is 3.26. The molecule has 3 heteroatoms. The lowest BCUT2D eigenvalue weighted by molar-refractivity contribution is 0.137. The molecule has 1 aromatic rings. The van der Waals surface area contributed by atoms with Gasteiger partial charge in [0, 0.05) is 6.54 Å². The van der Waals surface area contributed by atoms with Crippen molar-refractivity contribution >= 4 is 5.57 Å². The molecule has 3 rings (SSSR count). The molecule has 0 fully saturated rings. The summed E-state index contributed by atoms with van der Waals surface area (Å²) in [5.41, 5.74) is 4.25. The van der Waals surface area contributed by atoms with Crippen LogP contribution < -0.4 is 10.1 Å². The molecule has 108 valence electrons. The molecule has 0 atom stereocenters. The van der Waals surface area contributed by atoms with E-state index in [-0.39, 0.29) is 5.60 Å². The molecule has 2 heterocycles. The Morgan fingerprint density at radius 3 is 2.75 bits per heavy atom. The fraction of sp³-hybridized carbons (Fsp3) is 0.529. The van der Waals surface area contributed by atoms with E-state index in [2.05, 4.69) is 39.1 Å². The minimum absolute atomic E-state index is 0.285. The van der Waals surface area contributed by atoms with Crippen molar-refractivity contribution < 1.29 is 9.84 Å². The van der Waals surface area contributed by atoms with E-state index in [9.17, 15) is 5.11 Å². The molecule has 20 heavy (non-hydrogen) atoms. The highest BCUT2D eigenvalue weighted by molar-refractivity contribution is 5.82. The first-order chi connectivity index (χ1) is 9.40. The second kappa shape index (κ2) is 4.52. The van der Waals surface area contributed by atoms with Gasteiger partial charge in [-0.3, -0.25) is 0 Å². The summed E-state index contributed by atoms with van der Waals surface area (Å²) in [6.07, 6.45) is 0.979. The minimum atomic E-state index is -0.285. The lowest BCUT2D eigenvalue weighted by Crippen LogP contribution is -2.40. The highest BCUT2D eigenvalue weighted by atomic mass is 16.5. The first-order valence-corrected chi connectivity index (χ1v) is 7.39. The van der Waals surface area contributed by atoms with E-state index in [1.165, 1.54) is 11.1 Å². The number of hydrogen-bond acceptors (Lipinski definition) is 3. The molecule has 0 amide bonds. The van der Waals surface area contributed by atoms with Crippen LogP contribution in [0.3, 0.4) is 0 Å².